The Hall–Kier alpha value is -4.09. The maximum absolute atomic E-state index is 12.8. The Balaban J connectivity index is 1.02. The number of carbonyl (C=O) groups is 2. The molecule has 1 saturated heterocycles. The van der Waals surface area contributed by atoms with Crippen molar-refractivity contribution in [2.75, 3.05) is 25.1 Å². The summed E-state index contributed by atoms with van der Waals surface area (Å²) in [6.07, 6.45) is 4.34. The van der Waals surface area contributed by atoms with Gasteiger partial charge in [-0.05, 0) is 63.1 Å². The van der Waals surface area contributed by atoms with Gasteiger partial charge in [0.05, 0.1) is 18.8 Å². The van der Waals surface area contributed by atoms with Crippen molar-refractivity contribution in [3.63, 3.8) is 0 Å². The van der Waals surface area contributed by atoms with Crippen LogP contribution >= 0.6 is 0 Å². The minimum Gasteiger partial charge on any atom is -0.488 e. The number of anilines is 1. The minimum atomic E-state index is -0.648. The average molecular weight is 591 g/mol. The molecule has 2 atom stereocenters. The van der Waals surface area contributed by atoms with Gasteiger partial charge in [0.25, 0.3) is 5.91 Å². The summed E-state index contributed by atoms with van der Waals surface area (Å²) in [5, 5.41) is 13.1. The van der Waals surface area contributed by atoms with Crippen LogP contribution in [0.5, 0.6) is 11.5 Å². The van der Waals surface area contributed by atoms with Gasteiger partial charge in [-0.1, -0.05) is 36.4 Å². The van der Waals surface area contributed by atoms with Crippen molar-refractivity contribution < 1.29 is 33.3 Å². The fourth-order valence-corrected chi connectivity index (χ4v) is 5.79. The quantitative estimate of drug-likeness (QED) is 0.272. The molecule has 3 aromatic rings. The smallest absolute Gasteiger partial charge is 0.407 e. The maximum atomic E-state index is 12.8. The number of benzene rings is 2. The minimum absolute atomic E-state index is 0.131. The highest BCUT2D eigenvalue weighted by Gasteiger charge is 2.36. The largest absolute Gasteiger partial charge is 0.488 e. The predicted octanol–water partition coefficient (Wildman–Crippen LogP) is 5.36. The molecule has 3 N–H and O–H groups in total. The first-order chi connectivity index (χ1) is 20.9. The van der Waals surface area contributed by atoms with Crippen LogP contribution < -0.4 is 20.1 Å². The van der Waals surface area contributed by atoms with Gasteiger partial charge in [-0.15, -0.1) is 0 Å². The second kappa shape index (κ2) is 13.0. The highest BCUT2D eigenvalue weighted by Crippen LogP contribution is 2.39. The molecule has 228 valence electrons. The fourth-order valence-electron chi connectivity index (χ4n) is 5.79. The number of ether oxygens (including phenoxy) is 5. The Morgan fingerprint density at radius 3 is 2.53 bits per heavy atom. The molecule has 0 bridgehead atoms. The average Bonchev–Trinajstić information content (AvgIpc) is 3.77. The molecular weight excluding hydrogens is 552 g/mol. The number of carbonyl (C=O) groups excluding carboxylic acids is 2. The monoisotopic (exact) mass is 590 g/mol. The summed E-state index contributed by atoms with van der Waals surface area (Å²) < 4.78 is 29.2. The predicted molar refractivity (Wildman–Crippen MR) is 157 cm³/mol. The summed E-state index contributed by atoms with van der Waals surface area (Å²) in [7, 11) is 0. The molecule has 3 aliphatic rings. The lowest BCUT2D eigenvalue weighted by Crippen LogP contribution is -2.51. The zero-order valence-corrected chi connectivity index (χ0v) is 24.3. The van der Waals surface area contributed by atoms with Crippen molar-refractivity contribution in [2.24, 2.45) is 0 Å². The van der Waals surface area contributed by atoms with Crippen LogP contribution in [0.1, 0.15) is 74.5 Å². The number of hydrogen-bond acceptors (Lipinski definition) is 8. The molecule has 2 heterocycles. The highest BCUT2D eigenvalue weighted by atomic mass is 16.7. The van der Waals surface area contributed by atoms with Crippen molar-refractivity contribution in [2.45, 2.75) is 75.9 Å². The summed E-state index contributed by atoms with van der Waals surface area (Å²) in [4.78, 5) is 25.1. The third kappa shape index (κ3) is 7.29. The van der Waals surface area contributed by atoms with E-state index in [1.165, 1.54) is 0 Å². The van der Waals surface area contributed by atoms with Gasteiger partial charge in [-0.25, -0.2) is 4.79 Å². The van der Waals surface area contributed by atoms with Crippen molar-refractivity contribution in [3.05, 3.63) is 71.4 Å². The standard InChI is InChI=1S/C32H38N4O7/c1-32(13-6-14-32)34-31(38)43-23-12-11-22(17-23)24-18-27(36-35-24)33-28(37)20-42-26-10-5-9-25(29(26)30-39-15-16-40-30)41-19-21-7-3-2-4-8-21/h2-5,7-10,18,22-23,30H,6,11-17,19-20H2,1H3,(H,34,38)(H2,33,35,36,37)/t22-,23+/m0/s1. The topological polar surface area (TPSA) is 133 Å². The second-order valence-electron chi connectivity index (χ2n) is 11.6. The molecular formula is C32H38N4O7. The van der Waals surface area contributed by atoms with Crippen molar-refractivity contribution in [1.29, 1.82) is 0 Å². The van der Waals surface area contributed by atoms with Gasteiger partial charge in [-0.2, -0.15) is 5.10 Å². The summed E-state index contributed by atoms with van der Waals surface area (Å²) in [5.74, 6) is 1.23. The Labute approximate surface area is 250 Å². The zero-order chi connectivity index (χ0) is 29.6. The third-order valence-electron chi connectivity index (χ3n) is 8.30. The third-order valence-corrected chi connectivity index (χ3v) is 8.30. The zero-order valence-electron chi connectivity index (χ0n) is 24.3. The first kappa shape index (κ1) is 29.0. The van der Waals surface area contributed by atoms with E-state index in [1.807, 2.05) is 48.5 Å². The molecule has 0 radical (unpaired) electrons. The molecule has 0 spiro atoms. The maximum Gasteiger partial charge on any atom is 0.407 e. The van der Waals surface area contributed by atoms with Crippen molar-refractivity contribution in [3.8, 4) is 11.5 Å². The lowest BCUT2D eigenvalue weighted by Gasteiger charge is -2.38. The van der Waals surface area contributed by atoms with E-state index in [0.717, 1.165) is 43.4 Å². The Morgan fingerprint density at radius 1 is 1.02 bits per heavy atom. The summed E-state index contributed by atoms with van der Waals surface area (Å²) in [5.41, 5.74) is 2.40. The first-order valence-electron chi connectivity index (χ1n) is 14.9. The van der Waals surface area contributed by atoms with Crippen LogP contribution in [0, 0.1) is 0 Å². The van der Waals surface area contributed by atoms with Gasteiger partial charge in [0.15, 0.2) is 18.7 Å². The van der Waals surface area contributed by atoms with Crippen LogP contribution in [-0.2, 0) is 25.6 Å². The molecule has 2 amide bonds. The first-order valence-corrected chi connectivity index (χ1v) is 14.9. The van der Waals surface area contributed by atoms with E-state index in [0.29, 0.717) is 49.1 Å². The number of aromatic amines is 1. The molecule has 11 nitrogen and oxygen atoms in total. The van der Waals surface area contributed by atoms with Gasteiger partial charge in [0, 0.05) is 23.2 Å². The number of nitrogens with zero attached hydrogens (tertiary/aromatic N) is 1. The van der Waals surface area contributed by atoms with Gasteiger partial charge in [0.1, 0.15) is 24.2 Å². The SMILES string of the molecule is CC1(NC(=O)O[C@@H]2CC[C@H](c3cc(NC(=O)COc4cccc(OCc5ccccc5)c4C4OCCO4)n[nH]3)C2)CCC1. The van der Waals surface area contributed by atoms with Crippen LogP contribution in [0.4, 0.5) is 10.6 Å². The fraction of sp³-hybridized carbons (Fsp3) is 0.469. The van der Waals surface area contributed by atoms with E-state index >= 15 is 0 Å². The van der Waals surface area contributed by atoms with Crippen molar-refractivity contribution in [1.82, 2.24) is 15.5 Å². The number of amides is 2. The van der Waals surface area contributed by atoms with Gasteiger partial charge in [0.2, 0.25) is 0 Å². The molecule has 1 aliphatic heterocycles. The van der Waals surface area contributed by atoms with Gasteiger partial charge >= 0.3 is 6.09 Å². The van der Waals surface area contributed by atoms with Crippen LogP contribution in [0.25, 0.3) is 0 Å². The molecule has 2 aromatic carbocycles. The van der Waals surface area contributed by atoms with Crippen LogP contribution in [0.2, 0.25) is 0 Å². The van der Waals surface area contributed by atoms with Crippen molar-refractivity contribution >= 4 is 17.8 Å². The molecule has 43 heavy (non-hydrogen) atoms. The Kier molecular flexibility index (Phi) is 8.80. The number of aromatic nitrogens is 2. The molecule has 1 aromatic heterocycles. The number of nitrogens with one attached hydrogen (secondary N) is 3. The molecule has 6 rings (SSSR count). The Bertz CT molecular complexity index is 1400. The van der Waals surface area contributed by atoms with E-state index in [2.05, 4.69) is 27.8 Å². The molecule has 3 fully saturated rings. The molecule has 11 heteroatoms. The van der Waals surface area contributed by atoms with E-state index < -0.39 is 6.29 Å². The lowest BCUT2D eigenvalue weighted by molar-refractivity contribution is -0.118. The van der Waals surface area contributed by atoms with E-state index in [4.69, 9.17) is 23.7 Å². The van der Waals surface area contributed by atoms with E-state index in [-0.39, 0.29) is 36.2 Å². The molecule has 0 unspecified atom stereocenters. The summed E-state index contributed by atoms with van der Waals surface area (Å²) in [6.45, 7) is 3.10. The molecule has 2 saturated carbocycles. The number of rotatable bonds is 11. The normalized spacial score (nSPS) is 21.1. The highest BCUT2D eigenvalue weighted by molar-refractivity contribution is 5.91. The summed E-state index contributed by atoms with van der Waals surface area (Å²) >= 11 is 0. The van der Waals surface area contributed by atoms with Crippen LogP contribution in [0.3, 0.4) is 0 Å². The second-order valence-corrected chi connectivity index (χ2v) is 11.6. The number of hydrogen-bond donors (Lipinski definition) is 3. The van der Waals surface area contributed by atoms with Crippen LogP contribution in [0.15, 0.2) is 54.6 Å². The Morgan fingerprint density at radius 2 is 1.79 bits per heavy atom. The van der Waals surface area contributed by atoms with Gasteiger partial charge < -0.3 is 34.3 Å². The van der Waals surface area contributed by atoms with Crippen LogP contribution in [-0.4, -0.2) is 53.7 Å². The van der Waals surface area contributed by atoms with Gasteiger partial charge in [-0.3, -0.25) is 9.89 Å². The van der Waals surface area contributed by atoms with E-state index in [1.54, 1.807) is 6.07 Å². The number of H-pyrrole nitrogens is 1. The lowest BCUT2D eigenvalue weighted by atomic mass is 9.79. The van der Waals surface area contributed by atoms with E-state index in [9.17, 15) is 9.59 Å². The summed E-state index contributed by atoms with van der Waals surface area (Å²) in [6, 6.07) is 17.1. The number of alkyl carbamates (subject to hydrolysis) is 1. The molecule has 2 aliphatic carbocycles.